The Morgan fingerprint density at radius 1 is 1.36 bits per heavy atom. The van der Waals surface area contributed by atoms with Crippen molar-refractivity contribution in [3.63, 3.8) is 0 Å². The first kappa shape index (κ1) is 20.3. The number of nitrogens with zero attached hydrogens (tertiary/aromatic N) is 3. The first-order chi connectivity index (χ1) is 13.3. The average Bonchev–Trinajstić information content (AvgIpc) is 3.08. The molecule has 12 heteroatoms. The van der Waals surface area contributed by atoms with Crippen LogP contribution in [0.15, 0.2) is 33.7 Å². The van der Waals surface area contributed by atoms with Crippen LogP contribution in [0.4, 0.5) is 14.5 Å². The number of morpholine rings is 1. The molecular weight excluding hydrogens is 398 g/mol. The number of hydrogen-bond acceptors (Lipinski definition) is 8. The van der Waals surface area contributed by atoms with E-state index in [1.807, 2.05) is 4.90 Å². The van der Waals surface area contributed by atoms with Crippen molar-refractivity contribution >= 4 is 21.4 Å². The molecule has 1 saturated heterocycles. The zero-order valence-corrected chi connectivity index (χ0v) is 15.7. The minimum atomic E-state index is -4.67. The van der Waals surface area contributed by atoms with E-state index in [9.17, 15) is 22.0 Å². The quantitative estimate of drug-likeness (QED) is 0.751. The minimum Gasteiger partial charge on any atom is -0.378 e. The number of aromatic nitrogens is 2. The van der Waals surface area contributed by atoms with Crippen LogP contribution in [0, 0.1) is 6.92 Å². The first-order valence-electron chi connectivity index (χ1n) is 8.31. The number of amides is 1. The predicted octanol–water partition coefficient (Wildman–Crippen LogP) is 1.39. The molecule has 1 amide bonds. The molecule has 1 fully saturated rings. The summed E-state index contributed by atoms with van der Waals surface area (Å²) < 4.78 is 58.6. The molecule has 0 unspecified atom stereocenters. The largest absolute Gasteiger partial charge is 0.378 e. The van der Waals surface area contributed by atoms with E-state index < -0.39 is 20.5 Å². The first-order valence-corrected chi connectivity index (χ1v) is 9.86. The fraction of sp³-hybridized carbons (Fsp3) is 0.438. The molecular formula is C16H18F2N4O5S. The van der Waals surface area contributed by atoms with Gasteiger partial charge < -0.3 is 14.6 Å². The summed E-state index contributed by atoms with van der Waals surface area (Å²) in [4.78, 5) is 17.8. The van der Waals surface area contributed by atoms with Crippen LogP contribution < -0.4 is 5.32 Å². The van der Waals surface area contributed by atoms with Crippen LogP contribution in [0.3, 0.4) is 0 Å². The van der Waals surface area contributed by atoms with Crippen LogP contribution in [0.2, 0.25) is 0 Å². The summed E-state index contributed by atoms with van der Waals surface area (Å²) in [6, 6.07) is 4.20. The van der Waals surface area contributed by atoms with Crippen molar-refractivity contribution in [3.05, 3.63) is 36.0 Å². The standard InChI is InChI=1S/C16H18F2N4O5S/c1-10-19-15(27-21-10)13-9-26-7-6-22(13)8-14(23)20-11-2-4-12(5-3-11)28(24,25)16(17)18/h2-5,13,16H,6-9H2,1H3,(H,20,23)/t13-/m0/s1. The average molecular weight is 416 g/mol. The number of anilines is 1. The summed E-state index contributed by atoms with van der Waals surface area (Å²) in [6.45, 7) is 2.91. The van der Waals surface area contributed by atoms with Gasteiger partial charge in [0, 0.05) is 12.2 Å². The van der Waals surface area contributed by atoms with Crippen molar-refractivity contribution in [1.82, 2.24) is 15.0 Å². The second kappa shape index (κ2) is 8.29. The van der Waals surface area contributed by atoms with Gasteiger partial charge in [-0.1, -0.05) is 5.16 Å². The lowest BCUT2D eigenvalue weighted by molar-refractivity contribution is -0.120. The molecule has 1 aromatic carbocycles. The molecule has 0 saturated carbocycles. The van der Waals surface area contributed by atoms with Gasteiger partial charge in [-0.3, -0.25) is 9.69 Å². The van der Waals surface area contributed by atoms with E-state index >= 15 is 0 Å². The number of ether oxygens (including phenoxy) is 1. The lowest BCUT2D eigenvalue weighted by Gasteiger charge is -2.32. The maximum absolute atomic E-state index is 12.6. The summed E-state index contributed by atoms with van der Waals surface area (Å²) in [7, 11) is -4.67. The van der Waals surface area contributed by atoms with Crippen LogP contribution in [0.1, 0.15) is 17.8 Å². The van der Waals surface area contributed by atoms with Gasteiger partial charge in [0.05, 0.1) is 24.7 Å². The SMILES string of the molecule is Cc1noc([C@@H]2COCCN2CC(=O)Nc2ccc(S(=O)(=O)C(F)F)cc2)n1. The van der Waals surface area contributed by atoms with Crippen LogP contribution >= 0.6 is 0 Å². The highest BCUT2D eigenvalue weighted by atomic mass is 32.2. The second-order valence-electron chi connectivity index (χ2n) is 6.12. The van der Waals surface area contributed by atoms with Gasteiger partial charge in [0.1, 0.15) is 6.04 Å². The van der Waals surface area contributed by atoms with Crippen molar-refractivity contribution in [1.29, 1.82) is 0 Å². The third kappa shape index (κ3) is 4.51. The smallest absolute Gasteiger partial charge is 0.341 e. The molecule has 2 heterocycles. The maximum Gasteiger partial charge on any atom is 0.341 e. The molecule has 1 atom stereocenters. The highest BCUT2D eigenvalue weighted by Crippen LogP contribution is 2.23. The lowest BCUT2D eigenvalue weighted by Crippen LogP contribution is -2.43. The van der Waals surface area contributed by atoms with Gasteiger partial charge in [-0.05, 0) is 31.2 Å². The van der Waals surface area contributed by atoms with Crippen LogP contribution in [-0.4, -0.2) is 61.4 Å². The number of nitrogens with one attached hydrogen (secondary N) is 1. The number of carbonyl (C=O) groups is 1. The van der Waals surface area contributed by atoms with E-state index in [1.54, 1.807) is 6.92 Å². The van der Waals surface area contributed by atoms with E-state index in [4.69, 9.17) is 9.26 Å². The van der Waals surface area contributed by atoms with Crippen LogP contribution in [-0.2, 0) is 19.4 Å². The number of benzene rings is 1. The number of rotatable bonds is 6. The Balaban J connectivity index is 1.64. The van der Waals surface area contributed by atoms with E-state index in [-0.39, 0.29) is 24.2 Å². The Labute approximate surface area is 159 Å². The van der Waals surface area contributed by atoms with Gasteiger partial charge in [-0.25, -0.2) is 8.42 Å². The number of sulfone groups is 1. The number of carbonyl (C=O) groups excluding carboxylic acids is 1. The molecule has 0 bridgehead atoms. The van der Waals surface area contributed by atoms with Gasteiger partial charge in [-0.15, -0.1) is 0 Å². The third-order valence-electron chi connectivity index (χ3n) is 4.12. The molecule has 0 radical (unpaired) electrons. The normalized spacial score (nSPS) is 18.4. The van der Waals surface area contributed by atoms with Crippen molar-refractivity contribution in [3.8, 4) is 0 Å². The minimum absolute atomic E-state index is 0.00649. The van der Waals surface area contributed by atoms with E-state index in [2.05, 4.69) is 15.5 Å². The topological polar surface area (TPSA) is 115 Å². The Morgan fingerprint density at radius 3 is 2.68 bits per heavy atom. The molecule has 28 heavy (non-hydrogen) atoms. The highest BCUT2D eigenvalue weighted by Gasteiger charge is 2.31. The maximum atomic E-state index is 12.6. The fourth-order valence-corrected chi connectivity index (χ4v) is 3.44. The van der Waals surface area contributed by atoms with Crippen LogP contribution in [0.5, 0.6) is 0 Å². The van der Waals surface area contributed by atoms with Crippen molar-refractivity contribution in [2.45, 2.75) is 23.6 Å². The van der Waals surface area contributed by atoms with E-state index in [0.717, 1.165) is 12.1 Å². The molecule has 9 nitrogen and oxygen atoms in total. The summed E-state index contributed by atoms with van der Waals surface area (Å²) in [5, 5.41) is 6.35. The zero-order chi connectivity index (χ0) is 20.3. The summed E-state index contributed by atoms with van der Waals surface area (Å²) in [5.74, 6) is -3.04. The number of halogens is 2. The molecule has 1 aliphatic heterocycles. The molecule has 0 aliphatic carbocycles. The fourth-order valence-electron chi connectivity index (χ4n) is 2.72. The highest BCUT2D eigenvalue weighted by molar-refractivity contribution is 7.91. The van der Waals surface area contributed by atoms with E-state index in [1.165, 1.54) is 12.1 Å². The van der Waals surface area contributed by atoms with E-state index in [0.29, 0.717) is 31.5 Å². The van der Waals surface area contributed by atoms with Crippen molar-refractivity contribution in [2.24, 2.45) is 0 Å². The van der Waals surface area contributed by atoms with Gasteiger partial charge >= 0.3 is 5.76 Å². The second-order valence-corrected chi connectivity index (χ2v) is 8.04. The number of aryl methyl sites for hydroxylation is 1. The molecule has 2 aromatic rings. The third-order valence-corrected chi connectivity index (χ3v) is 5.51. The molecule has 0 spiro atoms. The van der Waals surface area contributed by atoms with Crippen molar-refractivity contribution in [2.75, 3.05) is 31.6 Å². The Hall–Kier alpha value is -2.44. The Morgan fingerprint density at radius 2 is 2.07 bits per heavy atom. The summed E-state index contributed by atoms with van der Waals surface area (Å²) >= 11 is 0. The molecule has 1 aromatic heterocycles. The zero-order valence-electron chi connectivity index (χ0n) is 14.8. The molecule has 1 N–H and O–H groups in total. The predicted molar refractivity (Wildman–Crippen MR) is 92.4 cm³/mol. The Kier molecular flexibility index (Phi) is 6.01. The van der Waals surface area contributed by atoms with Gasteiger partial charge in [0.25, 0.3) is 0 Å². The number of alkyl halides is 2. The van der Waals surface area contributed by atoms with Gasteiger partial charge in [0.2, 0.25) is 21.6 Å². The monoisotopic (exact) mass is 416 g/mol. The summed E-state index contributed by atoms with van der Waals surface area (Å²) in [6.07, 6.45) is 0. The van der Waals surface area contributed by atoms with Crippen LogP contribution in [0.25, 0.3) is 0 Å². The van der Waals surface area contributed by atoms with Gasteiger partial charge in [-0.2, -0.15) is 13.8 Å². The molecule has 152 valence electrons. The number of hydrogen-bond donors (Lipinski definition) is 1. The molecule has 3 rings (SSSR count). The molecule has 1 aliphatic rings. The Bertz CT molecular complexity index is 933. The van der Waals surface area contributed by atoms with Crippen molar-refractivity contribution < 1.29 is 31.3 Å². The summed E-state index contributed by atoms with van der Waals surface area (Å²) in [5.41, 5.74) is 0.289. The van der Waals surface area contributed by atoms with Gasteiger partial charge in [0.15, 0.2) is 5.82 Å². The lowest BCUT2D eigenvalue weighted by atomic mass is 10.2.